The zero-order chi connectivity index (χ0) is 8.97. The van der Waals surface area contributed by atoms with Gasteiger partial charge < -0.3 is 10.9 Å². The van der Waals surface area contributed by atoms with Gasteiger partial charge in [-0.05, 0) is 18.1 Å². The molecule has 1 heterocycles. The highest BCUT2D eigenvalue weighted by Crippen LogP contribution is 2.06. The number of rotatable bonds is 2. The van der Waals surface area contributed by atoms with E-state index in [0.29, 0.717) is 0 Å². The molecule has 3 N–H and O–H groups in total. The van der Waals surface area contributed by atoms with Crippen LogP contribution in [0, 0.1) is 0 Å². The molecule has 64 valence electrons. The van der Waals surface area contributed by atoms with Crippen molar-refractivity contribution in [1.82, 2.24) is 4.98 Å². The molecule has 0 fully saturated rings. The Kier molecular flexibility index (Phi) is 2.63. The van der Waals surface area contributed by atoms with Gasteiger partial charge in [-0.15, -0.1) is 0 Å². The third-order valence-corrected chi connectivity index (χ3v) is 1.67. The van der Waals surface area contributed by atoms with Gasteiger partial charge in [0, 0.05) is 18.0 Å². The van der Waals surface area contributed by atoms with Crippen molar-refractivity contribution in [3.05, 3.63) is 29.6 Å². The molecule has 0 aliphatic carbocycles. The highest BCUT2D eigenvalue weighted by molar-refractivity contribution is 5.98. The van der Waals surface area contributed by atoms with Gasteiger partial charge in [0.25, 0.3) is 0 Å². The van der Waals surface area contributed by atoms with E-state index < -0.39 is 0 Å². The average Bonchev–Trinajstić information content (AvgIpc) is 2.16. The van der Waals surface area contributed by atoms with Crippen molar-refractivity contribution >= 4 is 5.84 Å². The van der Waals surface area contributed by atoms with Gasteiger partial charge in [-0.3, -0.25) is 4.98 Å². The number of hydrogen-bond acceptors (Lipinski definition) is 3. The number of aryl methyl sites for hydroxylation is 1. The molecule has 0 saturated heterocycles. The molecule has 4 heteroatoms. The van der Waals surface area contributed by atoms with Crippen LogP contribution in [0.15, 0.2) is 23.6 Å². The van der Waals surface area contributed by atoms with Crippen LogP contribution in [-0.4, -0.2) is 16.0 Å². The van der Waals surface area contributed by atoms with Crippen molar-refractivity contribution in [2.24, 2.45) is 10.9 Å². The van der Waals surface area contributed by atoms with Crippen LogP contribution in [0.2, 0.25) is 0 Å². The summed E-state index contributed by atoms with van der Waals surface area (Å²) in [5, 5.41) is 11.4. The van der Waals surface area contributed by atoms with Crippen LogP contribution < -0.4 is 5.73 Å². The molecule has 0 amide bonds. The molecule has 1 aromatic rings. The number of hydrogen-bond donors (Lipinski definition) is 2. The van der Waals surface area contributed by atoms with Crippen molar-refractivity contribution in [2.75, 3.05) is 0 Å². The Morgan fingerprint density at radius 1 is 1.75 bits per heavy atom. The van der Waals surface area contributed by atoms with E-state index in [1.54, 1.807) is 18.5 Å². The van der Waals surface area contributed by atoms with Crippen LogP contribution in [0.1, 0.15) is 18.1 Å². The first-order chi connectivity index (χ1) is 5.79. The SMILES string of the molecule is CCc1cnccc1/C(N)=N/O. The second-order valence-electron chi connectivity index (χ2n) is 2.37. The number of oxime groups is 1. The molecule has 0 bridgehead atoms. The minimum Gasteiger partial charge on any atom is -0.409 e. The summed E-state index contributed by atoms with van der Waals surface area (Å²) < 4.78 is 0. The normalized spacial score (nSPS) is 11.6. The first-order valence-electron chi connectivity index (χ1n) is 3.70. The summed E-state index contributed by atoms with van der Waals surface area (Å²) in [5.74, 6) is 0.134. The lowest BCUT2D eigenvalue weighted by atomic mass is 10.1. The lowest BCUT2D eigenvalue weighted by molar-refractivity contribution is 0.318. The molecular formula is C8H11N3O. The van der Waals surface area contributed by atoms with Gasteiger partial charge in [0.15, 0.2) is 5.84 Å². The van der Waals surface area contributed by atoms with E-state index in [9.17, 15) is 0 Å². The maximum Gasteiger partial charge on any atom is 0.170 e. The van der Waals surface area contributed by atoms with Crippen molar-refractivity contribution < 1.29 is 5.21 Å². The molecular weight excluding hydrogens is 154 g/mol. The smallest absolute Gasteiger partial charge is 0.170 e. The van der Waals surface area contributed by atoms with Crippen LogP contribution >= 0.6 is 0 Å². The standard InChI is InChI=1S/C8H11N3O/c1-2-6-5-10-4-3-7(6)8(9)11-12/h3-5,12H,2H2,1H3,(H2,9,11). The molecule has 0 aromatic carbocycles. The Morgan fingerprint density at radius 2 is 2.50 bits per heavy atom. The summed E-state index contributed by atoms with van der Waals surface area (Å²) in [7, 11) is 0. The summed E-state index contributed by atoms with van der Waals surface area (Å²) in [6.45, 7) is 1.99. The summed E-state index contributed by atoms with van der Waals surface area (Å²) in [6.07, 6.45) is 4.15. The maximum atomic E-state index is 8.45. The van der Waals surface area contributed by atoms with Crippen molar-refractivity contribution in [2.45, 2.75) is 13.3 Å². The number of nitrogens with two attached hydrogens (primary N) is 1. The highest BCUT2D eigenvalue weighted by atomic mass is 16.4. The van der Waals surface area contributed by atoms with E-state index in [4.69, 9.17) is 10.9 Å². The summed E-state index contributed by atoms with van der Waals surface area (Å²) in [5.41, 5.74) is 7.17. The van der Waals surface area contributed by atoms with Crippen molar-refractivity contribution in [1.29, 1.82) is 0 Å². The monoisotopic (exact) mass is 165 g/mol. The largest absolute Gasteiger partial charge is 0.409 e. The van der Waals surface area contributed by atoms with Crippen LogP contribution in [0.3, 0.4) is 0 Å². The van der Waals surface area contributed by atoms with Gasteiger partial charge >= 0.3 is 0 Å². The molecule has 1 rings (SSSR count). The van der Waals surface area contributed by atoms with E-state index >= 15 is 0 Å². The van der Waals surface area contributed by atoms with Gasteiger partial charge in [0.05, 0.1) is 0 Å². The third kappa shape index (κ3) is 1.53. The van der Waals surface area contributed by atoms with Gasteiger partial charge in [-0.25, -0.2) is 0 Å². The van der Waals surface area contributed by atoms with Crippen LogP contribution in [-0.2, 0) is 6.42 Å². The summed E-state index contributed by atoms with van der Waals surface area (Å²) in [6, 6.07) is 1.73. The van der Waals surface area contributed by atoms with Crippen molar-refractivity contribution in [3.63, 3.8) is 0 Å². The number of nitrogens with zero attached hydrogens (tertiary/aromatic N) is 2. The average molecular weight is 165 g/mol. The molecule has 0 atom stereocenters. The zero-order valence-corrected chi connectivity index (χ0v) is 6.86. The van der Waals surface area contributed by atoms with Crippen LogP contribution in [0.25, 0.3) is 0 Å². The van der Waals surface area contributed by atoms with E-state index in [1.165, 1.54) is 0 Å². The second kappa shape index (κ2) is 3.71. The fourth-order valence-corrected chi connectivity index (χ4v) is 1.01. The highest BCUT2D eigenvalue weighted by Gasteiger charge is 2.03. The Morgan fingerprint density at radius 3 is 3.08 bits per heavy atom. The Hall–Kier alpha value is -1.58. The van der Waals surface area contributed by atoms with Gasteiger partial charge in [-0.1, -0.05) is 12.1 Å². The third-order valence-electron chi connectivity index (χ3n) is 1.67. The Balaban J connectivity index is 3.13. The zero-order valence-electron chi connectivity index (χ0n) is 6.86. The lowest BCUT2D eigenvalue weighted by Gasteiger charge is -2.03. The van der Waals surface area contributed by atoms with Gasteiger partial charge in [0.2, 0.25) is 0 Å². The summed E-state index contributed by atoms with van der Waals surface area (Å²) >= 11 is 0. The minimum absolute atomic E-state index is 0.134. The van der Waals surface area contributed by atoms with E-state index in [2.05, 4.69) is 10.1 Å². The molecule has 4 nitrogen and oxygen atoms in total. The summed E-state index contributed by atoms with van der Waals surface area (Å²) in [4.78, 5) is 3.94. The lowest BCUT2D eigenvalue weighted by Crippen LogP contribution is -2.15. The molecule has 0 aliphatic heterocycles. The quantitative estimate of drug-likeness (QED) is 0.294. The molecule has 0 radical (unpaired) electrons. The number of pyridine rings is 1. The first-order valence-corrected chi connectivity index (χ1v) is 3.70. The molecule has 0 unspecified atom stereocenters. The fraction of sp³-hybridized carbons (Fsp3) is 0.250. The van der Waals surface area contributed by atoms with Crippen molar-refractivity contribution in [3.8, 4) is 0 Å². The number of aromatic nitrogens is 1. The van der Waals surface area contributed by atoms with E-state index in [0.717, 1.165) is 17.5 Å². The van der Waals surface area contributed by atoms with Crippen LogP contribution in [0.4, 0.5) is 0 Å². The van der Waals surface area contributed by atoms with Gasteiger partial charge in [0.1, 0.15) is 0 Å². The molecule has 0 spiro atoms. The van der Waals surface area contributed by atoms with Gasteiger partial charge in [-0.2, -0.15) is 0 Å². The first kappa shape index (κ1) is 8.52. The molecule has 0 saturated carbocycles. The Bertz CT molecular complexity index is 296. The van der Waals surface area contributed by atoms with Crippen LogP contribution in [0.5, 0.6) is 0 Å². The molecule has 12 heavy (non-hydrogen) atoms. The predicted molar refractivity (Wildman–Crippen MR) is 46.1 cm³/mol. The minimum atomic E-state index is 0.134. The fourth-order valence-electron chi connectivity index (χ4n) is 1.01. The number of amidine groups is 1. The molecule has 0 aliphatic rings. The maximum absolute atomic E-state index is 8.45. The van der Waals surface area contributed by atoms with E-state index in [1.807, 2.05) is 6.92 Å². The second-order valence-corrected chi connectivity index (χ2v) is 2.37. The van der Waals surface area contributed by atoms with E-state index in [-0.39, 0.29) is 5.84 Å². The topological polar surface area (TPSA) is 71.5 Å². The Labute approximate surface area is 70.7 Å². The predicted octanol–water partition coefficient (Wildman–Crippen LogP) is 0.738. The molecule has 1 aromatic heterocycles.